The molecule has 0 saturated heterocycles. The van der Waals surface area contributed by atoms with Gasteiger partial charge < -0.3 is 10.2 Å². The van der Waals surface area contributed by atoms with Crippen LogP contribution < -0.4 is 5.32 Å². The lowest BCUT2D eigenvalue weighted by atomic mass is 9.72. The van der Waals surface area contributed by atoms with E-state index in [4.69, 9.17) is 0 Å². The third-order valence-corrected chi connectivity index (χ3v) is 4.73. The van der Waals surface area contributed by atoms with Crippen LogP contribution in [0.5, 0.6) is 0 Å². The Morgan fingerprint density at radius 2 is 1.72 bits per heavy atom. The summed E-state index contributed by atoms with van der Waals surface area (Å²) in [6.07, 6.45) is -3.52. The van der Waals surface area contributed by atoms with Gasteiger partial charge in [-0.05, 0) is 29.5 Å². The second kappa shape index (κ2) is 5.61. The zero-order chi connectivity index (χ0) is 18.6. The van der Waals surface area contributed by atoms with E-state index in [1.807, 2.05) is 13.8 Å². The molecule has 1 aromatic rings. The normalized spacial score (nSPS) is 23.4. The summed E-state index contributed by atoms with van der Waals surface area (Å²) in [5.74, 6) is -0.0806. The van der Waals surface area contributed by atoms with Crippen LogP contribution in [0.3, 0.4) is 0 Å². The highest BCUT2D eigenvalue weighted by atomic mass is 19.4. The minimum absolute atomic E-state index is 0.0806. The number of benzene rings is 1. The lowest BCUT2D eigenvalue weighted by molar-refractivity contribution is -0.137. The molecule has 7 heteroatoms. The number of alkyl halides is 3. The molecule has 0 radical (unpaired) electrons. The molecule has 1 N–H and O–H groups in total. The van der Waals surface area contributed by atoms with E-state index >= 15 is 0 Å². The predicted octanol–water partition coefficient (Wildman–Crippen LogP) is 4.04. The summed E-state index contributed by atoms with van der Waals surface area (Å²) in [5.41, 5.74) is 0.568. The van der Waals surface area contributed by atoms with E-state index in [0.717, 1.165) is 12.1 Å². The van der Waals surface area contributed by atoms with Gasteiger partial charge in [-0.25, -0.2) is 4.79 Å². The molecule has 1 aromatic carbocycles. The van der Waals surface area contributed by atoms with Gasteiger partial charge in [0, 0.05) is 24.7 Å². The van der Waals surface area contributed by atoms with E-state index in [1.165, 1.54) is 17.0 Å². The van der Waals surface area contributed by atoms with Gasteiger partial charge in [0.1, 0.15) is 0 Å². The van der Waals surface area contributed by atoms with Crippen LogP contribution in [-0.4, -0.2) is 23.8 Å². The van der Waals surface area contributed by atoms with Crippen LogP contribution in [-0.2, 0) is 11.0 Å². The maximum Gasteiger partial charge on any atom is 0.416 e. The smallest absolute Gasteiger partial charge is 0.327 e. The van der Waals surface area contributed by atoms with Crippen LogP contribution in [0.4, 0.5) is 18.0 Å². The van der Waals surface area contributed by atoms with Gasteiger partial charge in [0.15, 0.2) is 5.78 Å². The minimum Gasteiger partial charge on any atom is -0.327 e. The van der Waals surface area contributed by atoms with E-state index in [2.05, 4.69) is 5.32 Å². The average Bonchev–Trinajstić information content (AvgIpc) is 2.49. The minimum atomic E-state index is -4.43. The third-order valence-electron chi connectivity index (χ3n) is 4.73. The maximum atomic E-state index is 12.8. The number of allylic oxidation sites excluding steroid dienone is 1. The molecule has 3 rings (SSSR count). The van der Waals surface area contributed by atoms with E-state index in [-0.39, 0.29) is 17.2 Å². The second-order valence-corrected chi connectivity index (χ2v) is 7.36. The van der Waals surface area contributed by atoms with Crippen molar-refractivity contribution in [3.63, 3.8) is 0 Å². The first kappa shape index (κ1) is 17.5. The van der Waals surface area contributed by atoms with E-state index < -0.39 is 17.8 Å². The molecular weight excluding hydrogens is 333 g/mol. The first-order chi connectivity index (χ1) is 11.5. The molecule has 0 bridgehead atoms. The van der Waals surface area contributed by atoms with Crippen molar-refractivity contribution in [2.24, 2.45) is 5.41 Å². The molecule has 0 spiro atoms. The van der Waals surface area contributed by atoms with Crippen molar-refractivity contribution in [3.8, 4) is 0 Å². The Kier molecular flexibility index (Phi) is 3.93. The number of urea groups is 1. The number of carbonyl (C=O) groups is 2. The topological polar surface area (TPSA) is 49.4 Å². The van der Waals surface area contributed by atoms with Gasteiger partial charge in [-0.15, -0.1) is 0 Å². The lowest BCUT2D eigenvalue weighted by Crippen LogP contribution is -2.49. The van der Waals surface area contributed by atoms with Gasteiger partial charge in [-0.1, -0.05) is 26.0 Å². The Hall–Kier alpha value is -2.31. The van der Waals surface area contributed by atoms with Crippen LogP contribution in [0.2, 0.25) is 0 Å². The summed E-state index contributed by atoms with van der Waals surface area (Å²) in [6, 6.07) is 3.49. The fourth-order valence-electron chi connectivity index (χ4n) is 3.46. The largest absolute Gasteiger partial charge is 0.416 e. The Bertz CT molecular complexity index is 764. The van der Waals surface area contributed by atoms with E-state index in [9.17, 15) is 22.8 Å². The third kappa shape index (κ3) is 3.15. The number of halogens is 3. The molecule has 1 atom stereocenters. The number of amides is 2. The molecule has 4 nitrogen and oxygen atoms in total. The maximum absolute atomic E-state index is 12.8. The number of Topliss-reactive ketones (excluding diaryl/α,β-unsaturated/α-hetero) is 1. The summed E-state index contributed by atoms with van der Waals surface area (Å²) >= 11 is 0. The molecule has 0 fully saturated rings. The molecule has 134 valence electrons. The first-order valence-corrected chi connectivity index (χ1v) is 7.97. The highest BCUT2D eigenvalue weighted by Gasteiger charge is 2.42. The Labute approximate surface area is 143 Å². The number of rotatable bonds is 1. The van der Waals surface area contributed by atoms with Gasteiger partial charge >= 0.3 is 12.2 Å². The summed E-state index contributed by atoms with van der Waals surface area (Å²) in [5, 5.41) is 2.72. The number of hydrogen-bond donors (Lipinski definition) is 1. The van der Waals surface area contributed by atoms with Crippen molar-refractivity contribution in [3.05, 3.63) is 46.7 Å². The SMILES string of the molecule is CN1C(=O)N[C@H](c2ccc(C(F)(F)F)cc2)C2=C1CC(C)(C)CC2=O. The Morgan fingerprint density at radius 3 is 2.28 bits per heavy atom. The van der Waals surface area contributed by atoms with Gasteiger partial charge in [0.25, 0.3) is 0 Å². The van der Waals surface area contributed by atoms with Crippen LogP contribution in [0.15, 0.2) is 35.5 Å². The Balaban J connectivity index is 2.05. The van der Waals surface area contributed by atoms with Gasteiger partial charge in [-0.3, -0.25) is 4.79 Å². The monoisotopic (exact) mass is 352 g/mol. The number of nitrogens with zero attached hydrogens (tertiary/aromatic N) is 1. The molecule has 0 aromatic heterocycles. The number of hydrogen-bond acceptors (Lipinski definition) is 2. The van der Waals surface area contributed by atoms with E-state index in [1.54, 1.807) is 7.05 Å². The van der Waals surface area contributed by atoms with Crippen LogP contribution in [0.25, 0.3) is 0 Å². The van der Waals surface area contributed by atoms with Crippen molar-refractivity contribution in [2.75, 3.05) is 7.05 Å². The summed E-state index contributed by atoms with van der Waals surface area (Å²) in [6.45, 7) is 3.92. The summed E-state index contributed by atoms with van der Waals surface area (Å²) in [4.78, 5) is 26.4. The first-order valence-electron chi connectivity index (χ1n) is 7.97. The number of nitrogens with one attached hydrogen (secondary N) is 1. The highest BCUT2D eigenvalue weighted by Crippen LogP contribution is 2.44. The standard InChI is InChI=1S/C18H19F3N2O2/c1-17(2)8-12-14(13(24)9-17)15(22-16(25)23(12)3)10-4-6-11(7-5-10)18(19,20)21/h4-7,15H,8-9H2,1-3H3,(H,22,25)/t15-/m1/s1. The molecule has 25 heavy (non-hydrogen) atoms. The fourth-order valence-corrected chi connectivity index (χ4v) is 3.46. The van der Waals surface area contributed by atoms with Gasteiger partial charge in [-0.2, -0.15) is 13.2 Å². The molecule has 1 aliphatic carbocycles. The van der Waals surface area contributed by atoms with Crippen molar-refractivity contribution >= 4 is 11.8 Å². The summed E-state index contributed by atoms with van der Waals surface area (Å²) < 4.78 is 38.3. The van der Waals surface area contributed by atoms with Crippen LogP contribution in [0, 0.1) is 5.41 Å². The van der Waals surface area contributed by atoms with Crippen molar-refractivity contribution in [2.45, 2.75) is 38.9 Å². The molecular formula is C18H19F3N2O2. The molecule has 0 saturated carbocycles. The van der Waals surface area contributed by atoms with Gasteiger partial charge in [0.2, 0.25) is 0 Å². The highest BCUT2D eigenvalue weighted by molar-refractivity contribution is 6.01. The predicted molar refractivity (Wildman–Crippen MR) is 85.5 cm³/mol. The molecule has 2 aliphatic rings. The molecule has 2 amide bonds. The van der Waals surface area contributed by atoms with Crippen LogP contribution in [0.1, 0.15) is 43.9 Å². The van der Waals surface area contributed by atoms with Crippen molar-refractivity contribution in [1.82, 2.24) is 10.2 Å². The molecule has 1 heterocycles. The fraction of sp³-hybridized carbons (Fsp3) is 0.444. The zero-order valence-electron chi connectivity index (χ0n) is 14.2. The van der Waals surface area contributed by atoms with Crippen molar-refractivity contribution < 1.29 is 22.8 Å². The zero-order valence-corrected chi connectivity index (χ0v) is 14.2. The van der Waals surface area contributed by atoms with Gasteiger partial charge in [0.05, 0.1) is 11.6 Å². The molecule has 0 unspecified atom stereocenters. The van der Waals surface area contributed by atoms with E-state index in [0.29, 0.717) is 29.7 Å². The molecule has 1 aliphatic heterocycles. The van der Waals surface area contributed by atoms with Crippen LogP contribution >= 0.6 is 0 Å². The quantitative estimate of drug-likeness (QED) is 0.829. The van der Waals surface area contributed by atoms with Crippen molar-refractivity contribution in [1.29, 1.82) is 0 Å². The number of ketones is 1. The second-order valence-electron chi connectivity index (χ2n) is 7.36. The Morgan fingerprint density at radius 1 is 1.12 bits per heavy atom. The lowest BCUT2D eigenvalue weighted by Gasteiger charge is -2.42. The summed E-state index contributed by atoms with van der Waals surface area (Å²) in [7, 11) is 1.60. The average molecular weight is 352 g/mol. The number of carbonyl (C=O) groups excluding carboxylic acids is 2.